The fourth-order valence-corrected chi connectivity index (χ4v) is 5.77. The number of piperazine rings is 1. The Balaban J connectivity index is 0.945. The van der Waals surface area contributed by atoms with Crippen molar-refractivity contribution in [2.75, 3.05) is 46.1 Å². The van der Waals surface area contributed by atoms with Crippen LogP contribution in [0.15, 0.2) is 47.0 Å². The Labute approximate surface area is 236 Å². The first-order valence-corrected chi connectivity index (χ1v) is 14.4. The zero-order chi connectivity index (χ0) is 27.7. The van der Waals surface area contributed by atoms with Gasteiger partial charge in [-0.1, -0.05) is 56.3 Å². The van der Waals surface area contributed by atoms with Crippen molar-refractivity contribution in [1.29, 1.82) is 0 Å². The molecule has 3 aliphatic rings. The van der Waals surface area contributed by atoms with E-state index in [1.165, 1.54) is 11.1 Å². The van der Waals surface area contributed by atoms with Crippen LogP contribution in [0.25, 0.3) is 11.4 Å². The summed E-state index contributed by atoms with van der Waals surface area (Å²) in [6, 6.07) is 14.5. The zero-order valence-corrected chi connectivity index (χ0v) is 23.8. The number of likely N-dealkylation sites (tertiary alicyclic amines) is 1. The van der Waals surface area contributed by atoms with Crippen molar-refractivity contribution in [3.05, 3.63) is 59.5 Å². The van der Waals surface area contributed by atoms with Gasteiger partial charge in [-0.3, -0.25) is 14.6 Å². The van der Waals surface area contributed by atoms with E-state index in [9.17, 15) is 4.79 Å². The second-order valence-corrected chi connectivity index (χ2v) is 12.2. The van der Waals surface area contributed by atoms with Crippen LogP contribution < -0.4 is 9.47 Å². The van der Waals surface area contributed by atoms with Gasteiger partial charge >= 0.3 is 0 Å². The SMILES string of the molecule is CC(C)(C)c1ccc(-c2noc(CN3CCC(C(=O)N4CCN(Cc5ccc6c(c5)OCO6)CC4)CC3)n2)cc1. The van der Waals surface area contributed by atoms with Gasteiger partial charge in [0.25, 0.3) is 0 Å². The zero-order valence-electron chi connectivity index (χ0n) is 23.8. The third-order valence-electron chi connectivity index (χ3n) is 8.30. The second kappa shape index (κ2) is 11.2. The van der Waals surface area contributed by atoms with Crippen molar-refractivity contribution in [2.45, 2.75) is 52.1 Å². The lowest BCUT2D eigenvalue weighted by molar-refractivity contribution is -0.139. The van der Waals surface area contributed by atoms with Crippen molar-refractivity contribution in [3.63, 3.8) is 0 Å². The molecule has 1 amide bonds. The van der Waals surface area contributed by atoms with Gasteiger partial charge in [0.15, 0.2) is 11.5 Å². The molecular formula is C31H39N5O4. The van der Waals surface area contributed by atoms with E-state index in [0.29, 0.717) is 31.0 Å². The molecule has 40 heavy (non-hydrogen) atoms. The van der Waals surface area contributed by atoms with E-state index >= 15 is 0 Å². The number of ether oxygens (including phenoxy) is 2. The largest absolute Gasteiger partial charge is 0.454 e. The van der Waals surface area contributed by atoms with Crippen molar-refractivity contribution >= 4 is 5.91 Å². The molecule has 6 rings (SSSR count). The van der Waals surface area contributed by atoms with Crippen LogP contribution >= 0.6 is 0 Å². The molecule has 0 N–H and O–H groups in total. The molecule has 2 aromatic carbocycles. The fraction of sp³-hybridized carbons (Fsp3) is 0.516. The smallest absolute Gasteiger partial charge is 0.241 e. The molecular weight excluding hydrogens is 506 g/mol. The Kier molecular flexibility index (Phi) is 7.51. The van der Waals surface area contributed by atoms with Gasteiger partial charge in [0.2, 0.25) is 24.4 Å². The van der Waals surface area contributed by atoms with Crippen molar-refractivity contribution in [2.24, 2.45) is 5.92 Å². The predicted octanol–water partition coefficient (Wildman–Crippen LogP) is 4.32. The molecule has 3 aromatic rings. The van der Waals surface area contributed by atoms with E-state index in [-0.39, 0.29) is 11.3 Å². The quantitative estimate of drug-likeness (QED) is 0.453. The standard InChI is InChI=1S/C31H39N5O4/c1-31(2,3)25-7-5-23(6-8-25)29-32-28(40-33-29)20-34-12-10-24(11-13-34)30(37)36-16-14-35(15-17-36)19-22-4-9-26-27(18-22)39-21-38-26/h4-9,18,24H,10-17,19-21H2,1-3H3. The Bertz CT molecular complexity index is 1320. The second-order valence-electron chi connectivity index (χ2n) is 12.2. The highest BCUT2D eigenvalue weighted by Gasteiger charge is 2.31. The summed E-state index contributed by atoms with van der Waals surface area (Å²) >= 11 is 0. The van der Waals surface area contributed by atoms with E-state index < -0.39 is 0 Å². The van der Waals surface area contributed by atoms with E-state index in [0.717, 1.165) is 75.7 Å². The maximum Gasteiger partial charge on any atom is 0.241 e. The predicted molar refractivity (Wildman–Crippen MR) is 151 cm³/mol. The molecule has 0 saturated carbocycles. The van der Waals surface area contributed by atoms with Crippen LogP contribution in [0.4, 0.5) is 0 Å². The van der Waals surface area contributed by atoms with Crippen molar-refractivity contribution in [3.8, 4) is 22.9 Å². The molecule has 2 saturated heterocycles. The van der Waals surface area contributed by atoms with Gasteiger partial charge in [0.05, 0.1) is 6.54 Å². The molecule has 0 bridgehead atoms. The van der Waals surface area contributed by atoms with Crippen LogP contribution in [0.2, 0.25) is 0 Å². The molecule has 0 unspecified atom stereocenters. The average Bonchev–Trinajstić information content (AvgIpc) is 3.63. The number of amides is 1. The summed E-state index contributed by atoms with van der Waals surface area (Å²) in [6.07, 6.45) is 1.73. The molecule has 9 nitrogen and oxygen atoms in total. The van der Waals surface area contributed by atoms with Gasteiger partial charge in [-0.15, -0.1) is 0 Å². The van der Waals surface area contributed by atoms with Gasteiger partial charge in [0.1, 0.15) is 0 Å². The minimum Gasteiger partial charge on any atom is -0.454 e. The lowest BCUT2D eigenvalue weighted by Crippen LogP contribution is -2.51. The van der Waals surface area contributed by atoms with E-state index in [2.05, 4.69) is 82.0 Å². The summed E-state index contributed by atoms with van der Waals surface area (Å²) < 4.78 is 16.5. The van der Waals surface area contributed by atoms with Crippen LogP contribution in [-0.2, 0) is 23.3 Å². The molecule has 0 atom stereocenters. The van der Waals surface area contributed by atoms with Gasteiger partial charge in [-0.2, -0.15) is 4.98 Å². The number of rotatable bonds is 6. The Morgan fingerprint density at radius 2 is 1.57 bits per heavy atom. The monoisotopic (exact) mass is 545 g/mol. The Hall–Kier alpha value is -3.43. The summed E-state index contributed by atoms with van der Waals surface area (Å²) in [7, 11) is 0. The van der Waals surface area contributed by atoms with Crippen LogP contribution in [0, 0.1) is 5.92 Å². The summed E-state index contributed by atoms with van der Waals surface area (Å²) in [5, 5.41) is 4.21. The van der Waals surface area contributed by atoms with Crippen molar-refractivity contribution < 1.29 is 18.8 Å². The molecule has 0 aliphatic carbocycles. The molecule has 4 heterocycles. The number of aromatic nitrogens is 2. The minimum atomic E-state index is 0.0937. The highest BCUT2D eigenvalue weighted by atomic mass is 16.7. The van der Waals surface area contributed by atoms with Gasteiger partial charge in [-0.05, 0) is 54.6 Å². The lowest BCUT2D eigenvalue weighted by Gasteiger charge is -2.38. The van der Waals surface area contributed by atoms with Crippen LogP contribution in [0.3, 0.4) is 0 Å². The summed E-state index contributed by atoms with van der Waals surface area (Å²) in [5.74, 6) is 3.28. The number of hydrogen-bond acceptors (Lipinski definition) is 8. The maximum absolute atomic E-state index is 13.3. The third-order valence-corrected chi connectivity index (χ3v) is 8.30. The average molecular weight is 546 g/mol. The van der Waals surface area contributed by atoms with Gasteiger partial charge in [0, 0.05) is 44.2 Å². The first kappa shape index (κ1) is 26.8. The highest BCUT2D eigenvalue weighted by molar-refractivity contribution is 5.79. The lowest BCUT2D eigenvalue weighted by atomic mass is 9.87. The van der Waals surface area contributed by atoms with E-state index in [1.807, 2.05) is 6.07 Å². The topological polar surface area (TPSA) is 84.2 Å². The third kappa shape index (κ3) is 6.00. The van der Waals surface area contributed by atoms with Gasteiger partial charge < -0.3 is 18.9 Å². The Morgan fingerprint density at radius 3 is 2.30 bits per heavy atom. The first-order chi connectivity index (χ1) is 19.3. The normalized spacial score (nSPS) is 18.8. The molecule has 1 aromatic heterocycles. The number of nitrogens with zero attached hydrogens (tertiary/aromatic N) is 5. The van der Waals surface area contributed by atoms with Crippen LogP contribution in [0.1, 0.15) is 50.6 Å². The molecule has 9 heteroatoms. The minimum absolute atomic E-state index is 0.0937. The number of piperidine rings is 1. The van der Waals surface area contributed by atoms with E-state index in [1.54, 1.807) is 0 Å². The molecule has 0 radical (unpaired) electrons. The number of benzene rings is 2. The number of fused-ring (bicyclic) bond motifs is 1. The molecule has 212 valence electrons. The fourth-order valence-electron chi connectivity index (χ4n) is 5.77. The number of carbonyl (C=O) groups is 1. The molecule has 3 aliphatic heterocycles. The summed E-state index contributed by atoms with van der Waals surface area (Å²) in [4.78, 5) is 24.7. The van der Waals surface area contributed by atoms with Crippen LogP contribution in [0.5, 0.6) is 11.5 Å². The van der Waals surface area contributed by atoms with Gasteiger partial charge in [-0.25, -0.2) is 0 Å². The van der Waals surface area contributed by atoms with Crippen LogP contribution in [-0.4, -0.2) is 76.8 Å². The number of hydrogen-bond donors (Lipinski definition) is 0. The summed E-state index contributed by atoms with van der Waals surface area (Å²) in [5.41, 5.74) is 3.56. The number of carbonyl (C=O) groups excluding carboxylic acids is 1. The molecule has 0 spiro atoms. The Morgan fingerprint density at radius 1 is 0.875 bits per heavy atom. The van der Waals surface area contributed by atoms with Crippen molar-refractivity contribution in [1.82, 2.24) is 24.8 Å². The van der Waals surface area contributed by atoms with E-state index in [4.69, 9.17) is 14.0 Å². The maximum atomic E-state index is 13.3. The first-order valence-electron chi connectivity index (χ1n) is 14.4. The highest BCUT2D eigenvalue weighted by Crippen LogP contribution is 2.33. The molecule has 2 fully saturated rings. The summed E-state index contributed by atoms with van der Waals surface area (Å²) in [6.45, 7) is 13.4.